The van der Waals surface area contributed by atoms with Crippen molar-refractivity contribution in [3.63, 3.8) is 0 Å². The van der Waals surface area contributed by atoms with E-state index in [2.05, 4.69) is 71.3 Å². The number of aliphatic hydroxyl groups is 4. The zero-order valence-electron chi connectivity index (χ0n) is 37.2. The number of ether oxygens (including phenoxy) is 2. The molecule has 0 saturated carbocycles. The number of nitrogens with one attached hydrogen (secondary N) is 2. The highest BCUT2D eigenvalue weighted by Crippen LogP contribution is 2.34. The summed E-state index contributed by atoms with van der Waals surface area (Å²) in [6, 6.07) is 40.4. The molecule has 0 radical (unpaired) electrons. The zero-order chi connectivity index (χ0) is 48.5. The third kappa shape index (κ3) is 13.9. The lowest BCUT2D eigenvalue weighted by Gasteiger charge is -2.15. The lowest BCUT2D eigenvalue weighted by atomic mass is 10.0. The highest BCUT2D eigenvalue weighted by atomic mass is 35.5. The van der Waals surface area contributed by atoms with Crippen LogP contribution >= 0.6 is 23.8 Å². The number of halogens is 1. The lowest BCUT2D eigenvalue weighted by Crippen LogP contribution is -2.34. The number of nitrogen functional groups attached to an aromatic ring is 1. The Morgan fingerprint density at radius 1 is 0.691 bits per heavy atom. The maximum absolute atomic E-state index is 12.7. The van der Waals surface area contributed by atoms with Gasteiger partial charge in [0, 0.05) is 40.6 Å². The van der Waals surface area contributed by atoms with Crippen LogP contribution < -0.4 is 25.8 Å². The van der Waals surface area contributed by atoms with Crippen LogP contribution in [0.4, 0.5) is 11.4 Å². The summed E-state index contributed by atoms with van der Waals surface area (Å²) < 4.78 is 10.2. The summed E-state index contributed by atoms with van der Waals surface area (Å²) in [4.78, 5) is 23.7. The summed E-state index contributed by atoms with van der Waals surface area (Å²) in [6.45, 7) is 0.238. The molecular weight excluding hydrogens is 900 g/mol. The van der Waals surface area contributed by atoms with Gasteiger partial charge >= 0.3 is 0 Å². The molecule has 352 valence electrons. The minimum atomic E-state index is -0.632. The number of anilines is 2. The second-order valence-electron chi connectivity index (χ2n) is 15.0. The molecule has 8 rings (SSSR count). The molecule has 6 aromatic rings. The van der Waals surface area contributed by atoms with Crippen molar-refractivity contribution < 1.29 is 39.5 Å². The van der Waals surface area contributed by atoms with Crippen molar-refractivity contribution in [3.05, 3.63) is 188 Å². The first-order chi connectivity index (χ1) is 32.4. The van der Waals surface area contributed by atoms with Crippen molar-refractivity contribution in [2.75, 3.05) is 25.3 Å². The van der Waals surface area contributed by atoms with Crippen LogP contribution in [0.1, 0.15) is 90.7 Å². The summed E-state index contributed by atoms with van der Waals surface area (Å²) in [5.74, 6) is 0.217. The monoisotopic (exact) mass is 954 g/mol. The van der Waals surface area contributed by atoms with Crippen LogP contribution in [-0.2, 0) is 39.3 Å². The summed E-state index contributed by atoms with van der Waals surface area (Å²) >= 11 is 10.7. The molecule has 1 amide bonds. The number of nitriles is 1. The number of carbonyl (C=O) groups excluding carboxylic acids is 2. The van der Waals surface area contributed by atoms with Gasteiger partial charge in [-0.05, 0) is 141 Å². The van der Waals surface area contributed by atoms with Gasteiger partial charge < -0.3 is 41.0 Å². The first kappa shape index (κ1) is 53.5. The van der Waals surface area contributed by atoms with Crippen molar-refractivity contribution in [1.29, 1.82) is 5.26 Å². The number of allylic oxidation sites excluding steroid dienone is 2. The minimum Gasteiger partial charge on any atom is -0.496 e. The highest BCUT2D eigenvalue weighted by molar-refractivity contribution is 7.80. The number of hydrogen-bond donors (Lipinski definition) is 7. The van der Waals surface area contributed by atoms with Gasteiger partial charge in [0.25, 0.3) is 11.1 Å². The molecule has 0 spiro atoms. The number of amides is 1. The van der Waals surface area contributed by atoms with Gasteiger partial charge in [-0.1, -0.05) is 92.4 Å². The van der Waals surface area contributed by atoms with Gasteiger partial charge in [0.1, 0.15) is 11.5 Å². The molecule has 0 bridgehead atoms. The van der Waals surface area contributed by atoms with E-state index in [4.69, 9.17) is 54.5 Å². The van der Waals surface area contributed by atoms with Crippen LogP contribution in [-0.4, -0.2) is 50.9 Å². The van der Waals surface area contributed by atoms with Crippen molar-refractivity contribution >= 4 is 74.8 Å². The average Bonchev–Trinajstić information content (AvgIpc) is 3.99. The van der Waals surface area contributed by atoms with Crippen LogP contribution in [0.15, 0.2) is 121 Å². The molecule has 0 fully saturated rings. The van der Waals surface area contributed by atoms with Crippen LogP contribution in [0.25, 0.3) is 23.3 Å². The maximum atomic E-state index is 12.7. The quantitative estimate of drug-likeness (QED) is 0.0368. The van der Waals surface area contributed by atoms with Gasteiger partial charge in [0.2, 0.25) is 0 Å². The maximum Gasteiger partial charge on any atom is 0.257 e. The number of carbonyl (C=O) groups is 2. The van der Waals surface area contributed by atoms with Gasteiger partial charge in [-0.25, -0.2) is 0 Å². The number of methoxy groups -OCH3 is 2. The Hall–Kier alpha value is -7.15. The molecular formula is C54H55ClN4O8S. The number of thiocarbonyl (C=S) groups is 1. The molecule has 0 atom stereocenters. The van der Waals surface area contributed by atoms with E-state index in [0.717, 1.165) is 29.8 Å². The number of rotatable bonds is 11. The second kappa shape index (κ2) is 26.3. The summed E-state index contributed by atoms with van der Waals surface area (Å²) in [5, 5.41) is 49.8. The Morgan fingerprint density at radius 3 is 1.62 bits per heavy atom. The normalized spacial score (nSPS) is 11.3. The predicted molar refractivity (Wildman–Crippen MR) is 275 cm³/mol. The minimum absolute atomic E-state index is 0. The van der Waals surface area contributed by atoms with Crippen LogP contribution in [0.3, 0.4) is 0 Å². The number of aliphatic hydroxyl groups excluding tert-OH is 4. The smallest absolute Gasteiger partial charge is 0.257 e. The largest absolute Gasteiger partial charge is 0.496 e. The Labute approximate surface area is 407 Å². The Morgan fingerprint density at radius 2 is 1.16 bits per heavy atom. The number of hydrogen-bond acceptors (Lipinski definition) is 11. The van der Waals surface area contributed by atoms with Crippen LogP contribution in [0.5, 0.6) is 11.5 Å². The molecule has 0 aromatic heterocycles. The van der Waals surface area contributed by atoms with E-state index in [1.54, 1.807) is 6.07 Å². The van der Waals surface area contributed by atoms with E-state index in [0.29, 0.717) is 33.8 Å². The standard InChI is InChI=1S/C26H24N2O4S.C15H13N.C10H11ClO4.C2H3N.CH4/c1-32-24-13-20(11-21(14-29)23(24)15-30)25(31)28-26(33)27-22-8-4-7-18(12-22)19-9-16-5-2-3-6-17(16)10-19;16-15-7-3-6-13(10-15)14-8-11-4-1-2-5-12(11)9-14;1-15-9-3-6(10(11)14)2-7(4-12)8(9)5-13;1-2-3;/h2-9,11-13,29-30H,10,14-15H2,1H3,(H2,27,28,31,33);1-8,10H,9,16H2;2-3,12-13H,4-5H2,1H3;1H3;1H4. The molecule has 2 aliphatic rings. The fourth-order valence-electron chi connectivity index (χ4n) is 7.46. The second-order valence-corrected chi connectivity index (χ2v) is 15.7. The Kier molecular flexibility index (Phi) is 20.6. The average molecular weight is 956 g/mol. The third-order valence-electron chi connectivity index (χ3n) is 10.7. The fourth-order valence-corrected chi connectivity index (χ4v) is 7.78. The summed E-state index contributed by atoms with van der Waals surface area (Å²) in [6.07, 6.45) is 6.33. The Balaban J connectivity index is 0.000000240. The first-order valence-electron chi connectivity index (χ1n) is 20.9. The number of fused-ring (bicyclic) bond motifs is 2. The molecule has 6 aromatic carbocycles. The topological polar surface area (TPSA) is 207 Å². The van der Waals surface area contributed by atoms with Crippen molar-refractivity contribution in [2.45, 2.75) is 53.6 Å². The number of benzene rings is 6. The van der Waals surface area contributed by atoms with Gasteiger partial charge in [0.05, 0.1) is 46.7 Å². The zero-order valence-corrected chi connectivity index (χ0v) is 38.7. The molecule has 14 heteroatoms. The summed E-state index contributed by atoms with van der Waals surface area (Å²) in [7, 11) is 2.85. The van der Waals surface area contributed by atoms with Gasteiger partial charge in [-0.15, -0.1) is 0 Å². The molecule has 0 aliphatic heterocycles. The summed E-state index contributed by atoms with van der Waals surface area (Å²) in [5.41, 5.74) is 19.8. The molecule has 2 aliphatic carbocycles. The lowest BCUT2D eigenvalue weighted by molar-refractivity contribution is 0.0976. The van der Waals surface area contributed by atoms with Gasteiger partial charge in [-0.3, -0.25) is 14.9 Å². The van der Waals surface area contributed by atoms with Gasteiger partial charge in [0.15, 0.2) is 5.11 Å². The predicted octanol–water partition coefficient (Wildman–Crippen LogP) is 9.49. The molecule has 0 saturated heterocycles. The third-order valence-corrected chi connectivity index (χ3v) is 11.1. The molecule has 68 heavy (non-hydrogen) atoms. The number of nitrogens with two attached hydrogens (primary N) is 1. The molecule has 12 nitrogen and oxygen atoms in total. The first-order valence-corrected chi connectivity index (χ1v) is 21.7. The number of nitrogens with zero attached hydrogens (tertiary/aromatic N) is 1. The van der Waals surface area contributed by atoms with Crippen molar-refractivity contribution in [1.82, 2.24) is 5.32 Å². The molecule has 0 unspecified atom stereocenters. The van der Waals surface area contributed by atoms with Gasteiger partial charge in [-0.2, -0.15) is 5.26 Å². The van der Waals surface area contributed by atoms with E-state index in [1.807, 2.05) is 48.5 Å². The van der Waals surface area contributed by atoms with Crippen molar-refractivity contribution in [3.8, 4) is 17.6 Å². The van der Waals surface area contributed by atoms with Crippen LogP contribution in [0.2, 0.25) is 0 Å². The van der Waals surface area contributed by atoms with Crippen LogP contribution in [0, 0.1) is 11.3 Å². The Bertz CT molecular complexity index is 2810. The van der Waals surface area contributed by atoms with E-state index >= 15 is 0 Å². The van der Waals surface area contributed by atoms with E-state index in [-0.39, 0.29) is 50.1 Å². The fraction of sp³-hybridized carbons (Fsp3) is 0.185. The molecule has 8 N–H and O–H groups in total. The van der Waals surface area contributed by atoms with E-state index < -0.39 is 11.1 Å². The SMILES string of the molecule is C.CC#N.COc1cc(C(=O)Cl)cc(CO)c1CO.COc1cc(C(=O)NC(=S)Nc2cccc(C3=Cc4ccccc4C3)c2)cc(CO)c1CO.Nc1cccc(C2=Cc3ccccc3C2)c1. The molecule has 0 heterocycles. The van der Waals surface area contributed by atoms with E-state index in [1.165, 1.54) is 84.4 Å². The highest BCUT2D eigenvalue weighted by Gasteiger charge is 2.18. The van der Waals surface area contributed by atoms with Crippen molar-refractivity contribution in [2.24, 2.45) is 0 Å². The van der Waals surface area contributed by atoms with E-state index in [9.17, 15) is 19.8 Å².